The van der Waals surface area contributed by atoms with Crippen LogP contribution in [0.5, 0.6) is 0 Å². The third kappa shape index (κ3) is 5.81. The number of carbonyl (C=O) groups excluding carboxylic acids is 2. The molecule has 1 aliphatic heterocycles. The van der Waals surface area contributed by atoms with Crippen molar-refractivity contribution in [2.45, 2.75) is 43.9 Å². The van der Waals surface area contributed by atoms with Crippen molar-refractivity contribution < 1.29 is 27.9 Å². The summed E-state index contributed by atoms with van der Waals surface area (Å²) >= 11 is 0. The first kappa shape index (κ1) is 20.4. The molecule has 8 heteroatoms. The standard InChI is InChI=1S/C18H25NO6S/c1-14-2-4-16(5-3-14)26(23,24)19-11-8-15(9-12-19)10-13-25-18(22)7-6-17(20)21/h2-5,15H,6-13H2,1H3,(H,20,21)/p-1. The Labute approximate surface area is 154 Å². The summed E-state index contributed by atoms with van der Waals surface area (Å²) in [7, 11) is -3.47. The highest BCUT2D eigenvalue weighted by Gasteiger charge is 2.29. The zero-order valence-electron chi connectivity index (χ0n) is 14.8. The summed E-state index contributed by atoms with van der Waals surface area (Å²) in [6, 6.07) is 6.83. The molecule has 0 bridgehead atoms. The van der Waals surface area contributed by atoms with Crippen molar-refractivity contribution in [3.8, 4) is 0 Å². The number of nitrogens with zero attached hydrogens (tertiary/aromatic N) is 1. The molecule has 0 spiro atoms. The fourth-order valence-corrected chi connectivity index (χ4v) is 4.38. The van der Waals surface area contributed by atoms with Crippen LogP contribution < -0.4 is 5.11 Å². The number of benzene rings is 1. The van der Waals surface area contributed by atoms with Crippen LogP contribution in [0.2, 0.25) is 0 Å². The molecule has 1 fully saturated rings. The van der Waals surface area contributed by atoms with Gasteiger partial charge in [0, 0.05) is 19.1 Å². The molecule has 144 valence electrons. The molecule has 0 N–H and O–H groups in total. The van der Waals surface area contributed by atoms with E-state index < -0.39 is 22.0 Å². The van der Waals surface area contributed by atoms with Crippen LogP contribution in [0.15, 0.2) is 29.2 Å². The third-order valence-electron chi connectivity index (χ3n) is 4.55. The first-order valence-electron chi connectivity index (χ1n) is 8.71. The molecule has 1 saturated heterocycles. The van der Waals surface area contributed by atoms with Crippen molar-refractivity contribution in [1.29, 1.82) is 0 Å². The van der Waals surface area contributed by atoms with Crippen molar-refractivity contribution >= 4 is 22.0 Å². The third-order valence-corrected chi connectivity index (χ3v) is 6.47. The Balaban J connectivity index is 1.75. The smallest absolute Gasteiger partial charge is 0.306 e. The van der Waals surface area contributed by atoms with E-state index in [1.165, 1.54) is 4.31 Å². The maximum atomic E-state index is 12.6. The molecule has 0 atom stereocenters. The predicted octanol–water partition coefficient (Wildman–Crippen LogP) is 0.859. The van der Waals surface area contributed by atoms with Crippen LogP contribution in [0.25, 0.3) is 0 Å². The number of aryl methyl sites for hydroxylation is 1. The van der Waals surface area contributed by atoms with E-state index in [4.69, 9.17) is 4.74 Å². The highest BCUT2D eigenvalue weighted by molar-refractivity contribution is 7.89. The molecule has 26 heavy (non-hydrogen) atoms. The lowest BCUT2D eigenvalue weighted by Gasteiger charge is -2.31. The molecule has 1 aromatic carbocycles. The van der Waals surface area contributed by atoms with E-state index in [1.54, 1.807) is 24.3 Å². The van der Waals surface area contributed by atoms with E-state index in [1.807, 2.05) is 6.92 Å². The monoisotopic (exact) mass is 382 g/mol. The van der Waals surface area contributed by atoms with Crippen molar-refractivity contribution in [3.63, 3.8) is 0 Å². The molecule has 0 saturated carbocycles. The number of sulfonamides is 1. The number of carboxylic acid groups (broad SMARTS) is 1. The van der Waals surface area contributed by atoms with Gasteiger partial charge in [0.05, 0.1) is 17.9 Å². The highest BCUT2D eigenvalue weighted by Crippen LogP contribution is 2.25. The molecule has 0 aliphatic carbocycles. The molecule has 0 radical (unpaired) electrons. The molecular formula is C18H24NO6S-. The Morgan fingerprint density at radius 1 is 1.15 bits per heavy atom. The van der Waals surface area contributed by atoms with E-state index in [9.17, 15) is 23.1 Å². The van der Waals surface area contributed by atoms with Gasteiger partial charge in [0.15, 0.2) is 0 Å². The van der Waals surface area contributed by atoms with Gasteiger partial charge in [0.2, 0.25) is 10.0 Å². The number of aliphatic carboxylic acids is 1. The van der Waals surface area contributed by atoms with Crippen LogP contribution in [0.1, 0.15) is 37.7 Å². The first-order chi connectivity index (χ1) is 12.3. The average Bonchev–Trinajstić information content (AvgIpc) is 2.61. The maximum absolute atomic E-state index is 12.6. The Morgan fingerprint density at radius 3 is 2.35 bits per heavy atom. The number of esters is 1. The number of piperidine rings is 1. The Bertz CT molecular complexity index is 721. The summed E-state index contributed by atoms with van der Waals surface area (Å²) in [6.07, 6.45) is 1.54. The van der Waals surface area contributed by atoms with Gasteiger partial charge in [0.25, 0.3) is 0 Å². The highest BCUT2D eigenvalue weighted by atomic mass is 32.2. The normalized spacial score (nSPS) is 16.3. The van der Waals surface area contributed by atoms with Crippen LogP contribution >= 0.6 is 0 Å². The minimum atomic E-state index is -3.47. The van der Waals surface area contributed by atoms with Crippen molar-refractivity contribution in [1.82, 2.24) is 4.31 Å². The van der Waals surface area contributed by atoms with Gasteiger partial charge in [-0.15, -0.1) is 0 Å². The Morgan fingerprint density at radius 2 is 1.77 bits per heavy atom. The second-order valence-corrected chi connectivity index (χ2v) is 8.48. The number of hydrogen-bond acceptors (Lipinski definition) is 6. The van der Waals surface area contributed by atoms with Gasteiger partial charge in [-0.1, -0.05) is 17.7 Å². The number of rotatable bonds is 8. The lowest BCUT2D eigenvalue weighted by molar-refractivity contribution is -0.305. The zero-order chi connectivity index (χ0) is 19.2. The molecule has 0 aromatic heterocycles. The number of carboxylic acids is 1. The van der Waals surface area contributed by atoms with Crippen LogP contribution in [-0.2, 0) is 24.3 Å². The van der Waals surface area contributed by atoms with Gasteiger partial charge in [-0.2, -0.15) is 4.31 Å². The number of ether oxygens (including phenoxy) is 1. The van der Waals surface area contributed by atoms with Crippen LogP contribution in [0, 0.1) is 12.8 Å². The number of hydrogen-bond donors (Lipinski definition) is 0. The van der Waals surface area contributed by atoms with E-state index in [0.717, 1.165) is 5.56 Å². The molecule has 2 rings (SSSR count). The minimum absolute atomic E-state index is 0.185. The second kappa shape index (κ2) is 9.14. The van der Waals surface area contributed by atoms with Crippen molar-refractivity contribution in [3.05, 3.63) is 29.8 Å². The second-order valence-electron chi connectivity index (χ2n) is 6.54. The Kier molecular flexibility index (Phi) is 7.16. The molecule has 0 amide bonds. The van der Waals surface area contributed by atoms with Crippen LogP contribution in [0.4, 0.5) is 0 Å². The summed E-state index contributed by atoms with van der Waals surface area (Å²) in [5, 5.41) is 10.3. The predicted molar refractivity (Wildman–Crippen MR) is 92.5 cm³/mol. The fourth-order valence-electron chi connectivity index (χ4n) is 2.91. The SMILES string of the molecule is Cc1ccc(S(=O)(=O)N2CCC(CCOC(=O)CCC(=O)[O-])CC2)cc1. The topological polar surface area (TPSA) is 104 Å². The molecule has 1 aromatic rings. The summed E-state index contributed by atoms with van der Waals surface area (Å²) < 4.78 is 31.8. The van der Waals surface area contributed by atoms with Crippen LogP contribution in [-0.4, -0.2) is 44.4 Å². The molecule has 1 aliphatic rings. The van der Waals surface area contributed by atoms with E-state index in [0.29, 0.717) is 37.2 Å². The first-order valence-corrected chi connectivity index (χ1v) is 10.2. The number of carbonyl (C=O) groups is 2. The van der Waals surface area contributed by atoms with Gasteiger partial charge >= 0.3 is 5.97 Å². The zero-order valence-corrected chi connectivity index (χ0v) is 15.7. The molecular weight excluding hydrogens is 358 g/mol. The van der Waals surface area contributed by atoms with Gasteiger partial charge in [-0.3, -0.25) is 4.79 Å². The minimum Gasteiger partial charge on any atom is -0.550 e. The van der Waals surface area contributed by atoms with Gasteiger partial charge in [0.1, 0.15) is 0 Å². The lowest BCUT2D eigenvalue weighted by atomic mass is 9.95. The van der Waals surface area contributed by atoms with E-state index >= 15 is 0 Å². The van der Waals surface area contributed by atoms with Crippen molar-refractivity contribution in [2.24, 2.45) is 5.92 Å². The summed E-state index contributed by atoms with van der Waals surface area (Å²) in [4.78, 5) is 21.9. The van der Waals surface area contributed by atoms with E-state index in [-0.39, 0.29) is 25.4 Å². The lowest BCUT2D eigenvalue weighted by Crippen LogP contribution is -2.38. The summed E-state index contributed by atoms with van der Waals surface area (Å²) in [6.45, 7) is 3.02. The molecule has 0 unspecified atom stereocenters. The fraction of sp³-hybridized carbons (Fsp3) is 0.556. The van der Waals surface area contributed by atoms with Gasteiger partial charge in [-0.25, -0.2) is 8.42 Å². The summed E-state index contributed by atoms with van der Waals surface area (Å²) in [5.74, 6) is -1.54. The average molecular weight is 382 g/mol. The maximum Gasteiger partial charge on any atom is 0.306 e. The van der Waals surface area contributed by atoms with Crippen molar-refractivity contribution in [2.75, 3.05) is 19.7 Å². The van der Waals surface area contributed by atoms with Crippen LogP contribution in [0.3, 0.4) is 0 Å². The molecule has 1 heterocycles. The largest absolute Gasteiger partial charge is 0.550 e. The van der Waals surface area contributed by atoms with E-state index in [2.05, 4.69) is 0 Å². The quantitative estimate of drug-likeness (QED) is 0.618. The van der Waals surface area contributed by atoms with Gasteiger partial charge < -0.3 is 14.6 Å². The molecule has 7 nitrogen and oxygen atoms in total. The summed E-state index contributed by atoms with van der Waals surface area (Å²) in [5.41, 5.74) is 1.01. The van der Waals surface area contributed by atoms with Gasteiger partial charge in [-0.05, 0) is 50.7 Å². The Hall–Kier alpha value is -1.93.